The summed E-state index contributed by atoms with van der Waals surface area (Å²) in [7, 11) is 1.80. The number of aliphatic carboxylic acids is 1. The van der Waals surface area contributed by atoms with Crippen molar-refractivity contribution in [2.75, 3.05) is 13.6 Å². The van der Waals surface area contributed by atoms with Crippen LogP contribution in [0.5, 0.6) is 0 Å². The highest BCUT2D eigenvalue weighted by Gasteiger charge is 2.45. The molecule has 0 amide bonds. The zero-order chi connectivity index (χ0) is 14.8. The molecule has 0 heterocycles. The zero-order valence-corrected chi connectivity index (χ0v) is 13.2. The number of carboxylic acids is 1. The molecular formula is C16H30N2O2. The van der Waals surface area contributed by atoms with Gasteiger partial charge in [-0.15, -0.1) is 0 Å². The van der Waals surface area contributed by atoms with Gasteiger partial charge in [0.2, 0.25) is 0 Å². The second kappa shape index (κ2) is 6.44. The molecule has 4 heteroatoms. The quantitative estimate of drug-likeness (QED) is 0.753. The molecule has 0 saturated heterocycles. The van der Waals surface area contributed by atoms with Gasteiger partial charge in [-0.3, -0.25) is 9.69 Å². The highest BCUT2D eigenvalue weighted by atomic mass is 16.4. The molecule has 0 aromatic heterocycles. The number of nitrogens with zero attached hydrogens (tertiary/aromatic N) is 1. The van der Waals surface area contributed by atoms with Gasteiger partial charge < -0.3 is 10.4 Å². The molecule has 2 fully saturated rings. The standard InChI is InChI=1S/C16H30N2O2/c1-12(2)8-10-18(13-6-7-13)14-5-4-9-16(11-14,17-3)15(19)20/h12-14,17H,4-11H2,1-3H3,(H,19,20). The van der Waals surface area contributed by atoms with Crippen molar-refractivity contribution >= 4 is 5.97 Å². The molecule has 2 unspecified atom stereocenters. The predicted octanol–water partition coefficient (Wildman–Crippen LogP) is 2.48. The van der Waals surface area contributed by atoms with Gasteiger partial charge in [-0.05, 0) is 64.5 Å². The van der Waals surface area contributed by atoms with Crippen molar-refractivity contribution in [1.82, 2.24) is 10.2 Å². The van der Waals surface area contributed by atoms with Crippen LogP contribution >= 0.6 is 0 Å². The van der Waals surface area contributed by atoms with E-state index in [-0.39, 0.29) is 0 Å². The van der Waals surface area contributed by atoms with Gasteiger partial charge in [0, 0.05) is 12.1 Å². The number of hydrogen-bond acceptors (Lipinski definition) is 3. The number of nitrogens with one attached hydrogen (secondary N) is 1. The Morgan fingerprint density at radius 1 is 1.35 bits per heavy atom. The summed E-state index contributed by atoms with van der Waals surface area (Å²) in [6.45, 7) is 5.66. The maximum Gasteiger partial charge on any atom is 0.323 e. The topological polar surface area (TPSA) is 52.6 Å². The van der Waals surface area contributed by atoms with Crippen LogP contribution in [0.2, 0.25) is 0 Å². The second-order valence-corrected chi connectivity index (χ2v) is 7.04. The van der Waals surface area contributed by atoms with Crippen LogP contribution in [0.1, 0.15) is 58.8 Å². The average molecular weight is 282 g/mol. The Kier molecular flexibility index (Phi) is 5.08. The van der Waals surface area contributed by atoms with Crippen molar-refractivity contribution in [2.45, 2.75) is 76.4 Å². The molecule has 0 aromatic rings. The third-order valence-corrected chi connectivity index (χ3v) is 5.06. The van der Waals surface area contributed by atoms with E-state index in [0.717, 1.165) is 38.3 Å². The summed E-state index contributed by atoms with van der Waals surface area (Å²) in [4.78, 5) is 14.3. The fraction of sp³-hybridized carbons (Fsp3) is 0.938. The molecule has 4 nitrogen and oxygen atoms in total. The average Bonchev–Trinajstić information content (AvgIpc) is 3.23. The van der Waals surface area contributed by atoms with E-state index in [1.54, 1.807) is 7.05 Å². The maximum atomic E-state index is 11.6. The molecular weight excluding hydrogens is 252 g/mol. The Morgan fingerprint density at radius 2 is 2.05 bits per heavy atom. The molecule has 0 aliphatic heterocycles. The monoisotopic (exact) mass is 282 g/mol. The van der Waals surface area contributed by atoms with Gasteiger partial charge in [-0.2, -0.15) is 0 Å². The molecule has 0 radical (unpaired) electrons. The van der Waals surface area contributed by atoms with Gasteiger partial charge in [-0.25, -0.2) is 0 Å². The van der Waals surface area contributed by atoms with Crippen molar-refractivity contribution in [3.8, 4) is 0 Å². The number of hydrogen-bond donors (Lipinski definition) is 2. The molecule has 0 spiro atoms. The first-order valence-corrected chi connectivity index (χ1v) is 8.16. The normalized spacial score (nSPS) is 30.9. The molecule has 2 N–H and O–H groups in total. The summed E-state index contributed by atoms with van der Waals surface area (Å²) in [5.41, 5.74) is -0.701. The van der Waals surface area contributed by atoms with Crippen LogP contribution in [0.15, 0.2) is 0 Å². The highest BCUT2D eigenvalue weighted by Crippen LogP contribution is 2.37. The van der Waals surface area contributed by atoms with Crippen molar-refractivity contribution in [3.05, 3.63) is 0 Å². The van der Waals surface area contributed by atoms with Gasteiger partial charge in [-0.1, -0.05) is 13.8 Å². The molecule has 116 valence electrons. The fourth-order valence-electron chi connectivity index (χ4n) is 3.53. The molecule has 2 rings (SSSR count). The van der Waals surface area contributed by atoms with Crippen LogP contribution < -0.4 is 5.32 Å². The highest BCUT2D eigenvalue weighted by molar-refractivity contribution is 5.79. The van der Waals surface area contributed by atoms with Crippen molar-refractivity contribution < 1.29 is 9.90 Å². The molecule has 2 aliphatic carbocycles. The summed E-state index contributed by atoms with van der Waals surface area (Å²) in [6, 6.07) is 1.17. The zero-order valence-electron chi connectivity index (χ0n) is 13.2. The fourth-order valence-corrected chi connectivity index (χ4v) is 3.53. The number of rotatable bonds is 7. The minimum Gasteiger partial charge on any atom is -0.480 e. The van der Waals surface area contributed by atoms with Crippen LogP contribution in [0, 0.1) is 5.92 Å². The first-order chi connectivity index (χ1) is 9.48. The molecule has 0 bridgehead atoms. The lowest BCUT2D eigenvalue weighted by Gasteiger charge is -2.42. The van der Waals surface area contributed by atoms with Gasteiger partial charge in [0.05, 0.1) is 0 Å². The smallest absolute Gasteiger partial charge is 0.323 e. The summed E-state index contributed by atoms with van der Waals surface area (Å²) in [5, 5.41) is 12.7. The summed E-state index contributed by atoms with van der Waals surface area (Å²) in [6.07, 6.45) is 7.51. The van der Waals surface area contributed by atoms with E-state index >= 15 is 0 Å². The Labute approximate surface area is 122 Å². The minimum atomic E-state index is -0.701. The van der Waals surface area contributed by atoms with Gasteiger partial charge >= 0.3 is 5.97 Å². The van der Waals surface area contributed by atoms with Gasteiger partial charge in [0.1, 0.15) is 5.54 Å². The van der Waals surface area contributed by atoms with Crippen LogP contribution in [0.4, 0.5) is 0 Å². The first-order valence-electron chi connectivity index (χ1n) is 8.16. The third-order valence-electron chi connectivity index (χ3n) is 5.06. The van der Waals surface area contributed by atoms with Gasteiger partial charge in [0.25, 0.3) is 0 Å². The molecule has 2 atom stereocenters. The van der Waals surface area contributed by atoms with E-state index in [1.165, 1.54) is 19.3 Å². The molecule has 0 aromatic carbocycles. The SMILES string of the molecule is CNC1(C(=O)O)CCCC(N(CCC(C)C)C2CC2)C1. The van der Waals surface area contributed by atoms with Crippen LogP contribution in [0.25, 0.3) is 0 Å². The van der Waals surface area contributed by atoms with Crippen molar-refractivity contribution in [3.63, 3.8) is 0 Å². The molecule has 2 saturated carbocycles. The second-order valence-electron chi connectivity index (χ2n) is 7.04. The third kappa shape index (κ3) is 3.53. The lowest BCUT2D eigenvalue weighted by molar-refractivity contribution is -0.147. The Balaban J connectivity index is 2.03. The largest absolute Gasteiger partial charge is 0.480 e. The van der Waals surface area contributed by atoms with E-state index in [4.69, 9.17) is 0 Å². The minimum absolute atomic E-state index is 0.443. The van der Waals surface area contributed by atoms with Crippen LogP contribution in [-0.2, 0) is 4.79 Å². The first kappa shape index (κ1) is 15.8. The van der Waals surface area contributed by atoms with Crippen molar-refractivity contribution in [2.24, 2.45) is 5.92 Å². The predicted molar refractivity (Wildman–Crippen MR) is 80.9 cm³/mol. The molecule has 20 heavy (non-hydrogen) atoms. The van der Waals surface area contributed by atoms with E-state index in [9.17, 15) is 9.90 Å². The Bertz CT molecular complexity index is 341. The van der Waals surface area contributed by atoms with E-state index in [0.29, 0.717) is 12.0 Å². The Morgan fingerprint density at radius 3 is 2.55 bits per heavy atom. The number of carbonyl (C=O) groups is 1. The Hall–Kier alpha value is -0.610. The van der Waals surface area contributed by atoms with Crippen LogP contribution in [0.3, 0.4) is 0 Å². The number of likely N-dealkylation sites (N-methyl/N-ethyl adjacent to an activating group) is 1. The van der Waals surface area contributed by atoms with E-state index in [2.05, 4.69) is 24.1 Å². The molecule has 2 aliphatic rings. The lowest BCUT2D eigenvalue weighted by Crippen LogP contribution is -2.57. The maximum absolute atomic E-state index is 11.6. The van der Waals surface area contributed by atoms with E-state index < -0.39 is 11.5 Å². The summed E-state index contributed by atoms with van der Waals surface area (Å²) < 4.78 is 0. The van der Waals surface area contributed by atoms with Crippen molar-refractivity contribution in [1.29, 1.82) is 0 Å². The summed E-state index contributed by atoms with van der Waals surface area (Å²) in [5.74, 6) is 0.0395. The summed E-state index contributed by atoms with van der Waals surface area (Å²) >= 11 is 0. The van der Waals surface area contributed by atoms with Gasteiger partial charge in [0.15, 0.2) is 0 Å². The lowest BCUT2D eigenvalue weighted by atomic mass is 9.78. The van der Waals surface area contributed by atoms with Crippen LogP contribution in [-0.4, -0.2) is 47.2 Å². The number of carboxylic acid groups (broad SMARTS) is 1. The van der Waals surface area contributed by atoms with E-state index in [1.807, 2.05) is 0 Å².